The molecule has 0 aliphatic heterocycles. The second-order valence-corrected chi connectivity index (χ2v) is 4.77. The van der Waals surface area contributed by atoms with E-state index in [1.54, 1.807) is 0 Å². The van der Waals surface area contributed by atoms with Crippen molar-refractivity contribution in [3.63, 3.8) is 0 Å². The Morgan fingerprint density at radius 1 is 1.33 bits per heavy atom. The smallest absolute Gasteiger partial charge is 0.302 e. The van der Waals surface area contributed by atoms with E-state index in [1.807, 2.05) is 13.8 Å². The van der Waals surface area contributed by atoms with E-state index in [2.05, 4.69) is 5.32 Å². The lowest BCUT2D eigenvalue weighted by Gasteiger charge is -2.25. The summed E-state index contributed by atoms with van der Waals surface area (Å²) in [6.45, 7) is 5.63. The number of nitrogens with one attached hydrogen (secondary N) is 1. The molecule has 1 aromatic carbocycles. The topological polar surface area (TPSA) is 38.3 Å². The van der Waals surface area contributed by atoms with Gasteiger partial charge in [0.05, 0.1) is 0 Å². The summed E-state index contributed by atoms with van der Waals surface area (Å²) in [6.07, 6.45) is 0. The van der Waals surface area contributed by atoms with Crippen molar-refractivity contribution >= 4 is 5.97 Å². The number of benzene rings is 1. The van der Waals surface area contributed by atoms with Crippen LogP contribution in [0.1, 0.15) is 26.3 Å². The van der Waals surface area contributed by atoms with Crippen LogP contribution in [0.25, 0.3) is 0 Å². The van der Waals surface area contributed by atoms with E-state index in [9.17, 15) is 13.6 Å². The second-order valence-electron chi connectivity index (χ2n) is 4.77. The third-order valence-electron chi connectivity index (χ3n) is 2.39. The first-order valence-corrected chi connectivity index (χ1v) is 5.62. The Bertz CT molecular complexity index is 433. The minimum Gasteiger partial charge on any atom is -0.464 e. The van der Waals surface area contributed by atoms with Crippen molar-refractivity contribution < 1.29 is 18.3 Å². The van der Waals surface area contributed by atoms with Crippen molar-refractivity contribution in [1.82, 2.24) is 5.32 Å². The molecule has 0 aliphatic carbocycles. The van der Waals surface area contributed by atoms with Crippen molar-refractivity contribution in [3.8, 4) is 0 Å². The predicted molar refractivity (Wildman–Crippen MR) is 63.9 cm³/mol. The van der Waals surface area contributed by atoms with Crippen LogP contribution in [0, 0.1) is 11.6 Å². The van der Waals surface area contributed by atoms with Gasteiger partial charge in [0.2, 0.25) is 0 Å². The van der Waals surface area contributed by atoms with Gasteiger partial charge in [-0.2, -0.15) is 0 Å². The highest BCUT2D eigenvalue weighted by atomic mass is 19.2. The molecule has 0 radical (unpaired) electrons. The maximum atomic E-state index is 13.0. The van der Waals surface area contributed by atoms with Crippen LogP contribution >= 0.6 is 0 Å². The molecule has 0 amide bonds. The zero-order valence-corrected chi connectivity index (χ0v) is 10.7. The molecule has 0 heterocycles. The number of carbonyl (C=O) groups excluding carboxylic acids is 1. The maximum Gasteiger partial charge on any atom is 0.302 e. The minimum absolute atomic E-state index is 0.214. The molecule has 0 unspecified atom stereocenters. The van der Waals surface area contributed by atoms with Gasteiger partial charge in [0.15, 0.2) is 11.6 Å². The zero-order chi connectivity index (χ0) is 13.8. The van der Waals surface area contributed by atoms with E-state index in [-0.39, 0.29) is 12.6 Å². The number of carbonyl (C=O) groups is 1. The molecule has 0 fully saturated rings. The predicted octanol–water partition coefficient (Wildman–Crippen LogP) is 2.40. The molecule has 3 nitrogen and oxygen atoms in total. The van der Waals surface area contributed by atoms with E-state index < -0.39 is 17.2 Å². The summed E-state index contributed by atoms with van der Waals surface area (Å²) >= 11 is 0. The summed E-state index contributed by atoms with van der Waals surface area (Å²) < 4.78 is 30.6. The normalized spacial score (nSPS) is 11.4. The van der Waals surface area contributed by atoms with E-state index in [4.69, 9.17) is 4.74 Å². The number of hydrogen-bond donors (Lipinski definition) is 1. The van der Waals surface area contributed by atoms with Crippen molar-refractivity contribution in [2.75, 3.05) is 6.61 Å². The Balaban J connectivity index is 2.52. The van der Waals surface area contributed by atoms with Gasteiger partial charge in [0, 0.05) is 19.0 Å². The van der Waals surface area contributed by atoms with Gasteiger partial charge in [-0.1, -0.05) is 6.07 Å². The SMILES string of the molecule is CC(=O)OCC(C)(C)NCc1ccc(F)c(F)c1. The fraction of sp³-hybridized carbons (Fsp3) is 0.462. The van der Waals surface area contributed by atoms with E-state index >= 15 is 0 Å². The molecular weight excluding hydrogens is 240 g/mol. The van der Waals surface area contributed by atoms with Crippen molar-refractivity contribution in [3.05, 3.63) is 35.4 Å². The van der Waals surface area contributed by atoms with Crippen LogP contribution in [-0.4, -0.2) is 18.1 Å². The first-order valence-electron chi connectivity index (χ1n) is 5.62. The molecular formula is C13H17F2NO2. The fourth-order valence-corrected chi connectivity index (χ4v) is 1.32. The Kier molecular flexibility index (Phi) is 4.78. The summed E-state index contributed by atoms with van der Waals surface area (Å²) in [7, 11) is 0. The van der Waals surface area contributed by atoms with Crippen molar-refractivity contribution in [1.29, 1.82) is 0 Å². The van der Waals surface area contributed by atoms with E-state index in [0.717, 1.165) is 12.1 Å². The molecule has 1 N–H and O–H groups in total. The molecule has 100 valence electrons. The fourth-order valence-electron chi connectivity index (χ4n) is 1.32. The van der Waals surface area contributed by atoms with Crippen LogP contribution in [0.5, 0.6) is 0 Å². The largest absolute Gasteiger partial charge is 0.464 e. The minimum atomic E-state index is -0.868. The number of hydrogen-bond acceptors (Lipinski definition) is 3. The molecule has 0 bridgehead atoms. The van der Waals surface area contributed by atoms with Crippen molar-refractivity contribution in [2.24, 2.45) is 0 Å². The lowest BCUT2D eigenvalue weighted by Crippen LogP contribution is -2.43. The van der Waals surface area contributed by atoms with Gasteiger partial charge in [-0.25, -0.2) is 8.78 Å². The highest BCUT2D eigenvalue weighted by molar-refractivity contribution is 5.65. The zero-order valence-electron chi connectivity index (χ0n) is 10.7. The third-order valence-corrected chi connectivity index (χ3v) is 2.39. The number of esters is 1. The van der Waals surface area contributed by atoms with Gasteiger partial charge < -0.3 is 10.1 Å². The summed E-state index contributed by atoms with van der Waals surface area (Å²) in [6, 6.07) is 3.74. The van der Waals surface area contributed by atoms with E-state index in [1.165, 1.54) is 13.0 Å². The number of ether oxygens (including phenoxy) is 1. The van der Waals surface area contributed by atoms with Crippen LogP contribution in [0.4, 0.5) is 8.78 Å². The average molecular weight is 257 g/mol. The standard InChI is InChI=1S/C13H17F2NO2/c1-9(17)18-8-13(2,3)16-7-10-4-5-11(14)12(15)6-10/h4-6,16H,7-8H2,1-3H3. The molecule has 5 heteroatoms. The molecule has 0 atom stereocenters. The van der Waals surface area contributed by atoms with Gasteiger partial charge in [-0.3, -0.25) is 4.79 Å². The monoisotopic (exact) mass is 257 g/mol. The molecule has 18 heavy (non-hydrogen) atoms. The van der Waals surface area contributed by atoms with Gasteiger partial charge >= 0.3 is 5.97 Å². The lowest BCUT2D eigenvalue weighted by atomic mass is 10.1. The van der Waals surface area contributed by atoms with Crippen LogP contribution < -0.4 is 5.32 Å². The van der Waals surface area contributed by atoms with Gasteiger partial charge in [-0.15, -0.1) is 0 Å². The molecule has 0 aliphatic rings. The molecule has 0 spiro atoms. The van der Waals surface area contributed by atoms with Crippen molar-refractivity contribution in [2.45, 2.75) is 32.9 Å². The number of halogens is 2. The summed E-state index contributed by atoms with van der Waals surface area (Å²) in [5.74, 6) is -2.08. The van der Waals surface area contributed by atoms with Gasteiger partial charge in [0.25, 0.3) is 0 Å². The average Bonchev–Trinajstić information content (AvgIpc) is 2.28. The Morgan fingerprint density at radius 3 is 2.56 bits per heavy atom. The molecule has 0 aromatic heterocycles. The van der Waals surface area contributed by atoms with Crippen LogP contribution in [-0.2, 0) is 16.1 Å². The van der Waals surface area contributed by atoms with Crippen LogP contribution in [0.3, 0.4) is 0 Å². The Hall–Kier alpha value is -1.49. The van der Waals surface area contributed by atoms with Crippen LogP contribution in [0.2, 0.25) is 0 Å². The van der Waals surface area contributed by atoms with E-state index in [0.29, 0.717) is 12.1 Å². The molecule has 1 rings (SSSR count). The third kappa shape index (κ3) is 4.79. The Morgan fingerprint density at radius 2 is 2.00 bits per heavy atom. The number of rotatable bonds is 5. The maximum absolute atomic E-state index is 13.0. The van der Waals surface area contributed by atoms with Gasteiger partial charge in [-0.05, 0) is 31.5 Å². The highest BCUT2D eigenvalue weighted by Crippen LogP contribution is 2.10. The lowest BCUT2D eigenvalue weighted by molar-refractivity contribution is -0.142. The highest BCUT2D eigenvalue weighted by Gasteiger charge is 2.18. The first kappa shape index (κ1) is 14.6. The molecule has 1 aromatic rings. The summed E-state index contributed by atoms with van der Waals surface area (Å²) in [4.78, 5) is 10.7. The molecule has 0 saturated heterocycles. The summed E-state index contributed by atoms with van der Waals surface area (Å²) in [5.41, 5.74) is 0.195. The quantitative estimate of drug-likeness (QED) is 0.823. The first-order chi connectivity index (χ1) is 8.30. The van der Waals surface area contributed by atoms with Crippen LogP contribution in [0.15, 0.2) is 18.2 Å². The second kappa shape index (κ2) is 5.91. The summed E-state index contributed by atoms with van der Waals surface area (Å²) in [5, 5.41) is 3.11. The Labute approximate surface area is 105 Å². The van der Waals surface area contributed by atoms with Gasteiger partial charge in [0.1, 0.15) is 6.61 Å². The molecule has 0 saturated carbocycles.